The fourth-order valence-electron chi connectivity index (χ4n) is 1.71. The molecule has 18 heavy (non-hydrogen) atoms. The summed E-state index contributed by atoms with van der Waals surface area (Å²) in [5, 5.41) is 2.57. The van der Waals surface area contributed by atoms with Crippen molar-refractivity contribution in [3.8, 4) is 11.5 Å². The van der Waals surface area contributed by atoms with Crippen LogP contribution in [0.5, 0.6) is 11.5 Å². The lowest BCUT2D eigenvalue weighted by Gasteiger charge is -2.10. The summed E-state index contributed by atoms with van der Waals surface area (Å²) < 4.78 is 10.8. The maximum atomic E-state index is 5.62. The number of methoxy groups -OCH3 is 1. The molecule has 2 N–H and O–H groups in total. The largest absolute Gasteiger partial charge is 0.493 e. The molecule has 2 aromatic rings. The first-order chi connectivity index (χ1) is 8.72. The molecule has 0 aliphatic heterocycles. The number of nitrogen functional groups attached to an aromatic ring is 1. The van der Waals surface area contributed by atoms with Crippen LogP contribution in [0.15, 0.2) is 23.6 Å². The molecule has 0 radical (unpaired) electrons. The lowest BCUT2D eigenvalue weighted by atomic mass is 10.1. The summed E-state index contributed by atoms with van der Waals surface area (Å²) in [6, 6.07) is 5.91. The van der Waals surface area contributed by atoms with Crippen molar-refractivity contribution >= 4 is 16.5 Å². The monoisotopic (exact) mass is 264 g/mol. The second-order valence-electron chi connectivity index (χ2n) is 3.77. The Hall–Kier alpha value is -1.75. The van der Waals surface area contributed by atoms with Gasteiger partial charge in [0.1, 0.15) is 0 Å². The second kappa shape index (κ2) is 5.73. The van der Waals surface area contributed by atoms with Gasteiger partial charge in [-0.25, -0.2) is 4.98 Å². The molecule has 1 heterocycles. The number of thiazole rings is 1. The van der Waals surface area contributed by atoms with Gasteiger partial charge in [-0.2, -0.15) is 0 Å². The number of nitrogens with two attached hydrogens (primary N) is 1. The Balaban J connectivity index is 2.20. The molecular weight excluding hydrogens is 248 g/mol. The highest BCUT2D eigenvalue weighted by molar-refractivity contribution is 7.13. The molecule has 1 aromatic heterocycles. The summed E-state index contributed by atoms with van der Waals surface area (Å²) in [7, 11) is 1.64. The minimum atomic E-state index is 0.601. The summed E-state index contributed by atoms with van der Waals surface area (Å²) in [4.78, 5) is 4.25. The van der Waals surface area contributed by atoms with E-state index in [1.54, 1.807) is 7.11 Å². The quantitative estimate of drug-likeness (QED) is 0.902. The lowest BCUT2D eigenvalue weighted by Crippen LogP contribution is -1.97. The van der Waals surface area contributed by atoms with Crippen molar-refractivity contribution in [1.29, 1.82) is 0 Å². The number of ether oxygens (including phenoxy) is 2. The number of hydrogen-bond acceptors (Lipinski definition) is 5. The number of aromatic nitrogens is 1. The van der Waals surface area contributed by atoms with Crippen LogP contribution in [-0.2, 0) is 6.42 Å². The summed E-state index contributed by atoms with van der Waals surface area (Å²) in [6.07, 6.45) is 0.748. The molecule has 0 aliphatic carbocycles. The van der Waals surface area contributed by atoms with Crippen LogP contribution in [0.4, 0.5) is 5.13 Å². The number of benzene rings is 1. The van der Waals surface area contributed by atoms with Crippen molar-refractivity contribution in [1.82, 2.24) is 4.98 Å². The topological polar surface area (TPSA) is 57.4 Å². The molecule has 0 bridgehead atoms. The molecule has 4 nitrogen and oxygen atoms in total. The van der Waals surface area contributed by atoms with Crippen molar-refractivity contribution in [2.24, 2.45) is 0 Å². The molecule has 0 amide bonds. The Kier molecular flexibility index (Phi) is 4.04. The predicted molar refractivity (Wildman–Crippen MR) is 73.5 cm³/mol. The Labute approximate surface area is 110 Å². The van der Waals surface area contributed by atoms with Crippen LogP contribution in [0.25, 0.3) is 0 Å². The van der Waals surface area contributed by atoms with Crippen LogP contribution in [0.2, 0.25) is 0 Å². The van der Waals surface area contributed by atoms with E-state index in [4.69, 9.17) is 15.2 Å². The van der Waals surface area contributed by atoms with Gasteiger partial charge in [0, 0.05) is 11.8 Å². The molecule has 0 saturated heterocycles. The zero-order valence-electron chi connectivity index (χ0n) is 10.5. The molecule has 0 fully saturated rings. The van der Waals surface area contributed by atoms with Gasteiger partial charge < -0.3 is 15.2 Å². The third kappa shape index (κ3) is 2.92. The van der Waals surface area contributed by atoms with Crippen molar-refractivity contribution < 1.29 is 9.47 Å². The SMILES string of the molecule is CCOc1cc(Cc2csc(N)n2)ccc1OC. The van der Waals surface area contributed by atoms with E-state index in [9.17, 15) is 0 Å². The van der Waals surface area contributed by atoms with E-state index in [1.807, 2.05) is 30.5 Å². The molecule has 0 unspecified atom stereocenters. The van der Waals surface area contributed by atoms with E-state index in [1.165, 1.54) is 11.3 Å². The van der Waals surface area contributed by atoms with Crippen molar-refractivity contribution in [3.63, 3.8) is 0 Å². The van der Waals surface area contributed by atoms with E-state index < -0.39 is 0 Å². The highest BCUT2D eigenvalue weighted by Crippen LogP contribution is 2.29. The van der Waals surface area contributed by atoms with Gasteiger partial charge in [0.25, 0.3) is 0 Å². The first kappa shape index (κ1) is 12.7. The van der Waals surface area contributed by atoms with Gasteiger partial charge in [-0.3, -0.25) is 0 Å². The molecule has 0 spiro atoms. The van der Waals surface area contributed by atoms with Gasteiger partial charge in [-0.05, 0) is 24.6 Å². The maximum absolute atomic E-state index is 5.62. The normalized spacial score (nSPS) is 10.3. The summed E-state index contributed by atoms with van der Waals surface area (Å²) in [6.45, 7) is 2.57. The average molecular weight is 264 g/mol. The number of nitrogens with zero attached hydrogens (tertiary/aromatic N) is 1. The average Bonchev–Trinajstić information content (AvgIpc) is 2.76. The third-order valence-corrected chi connectivity index (χ3v) is 3.21. The summed E-state index contributed by atoms with van der Waals surface area (Å²) in [5.74, 6) is 1.51. The van der Waals surface area contributed by atoms with Gasteiger partial charge >= 0.3 is 0 Å². The minimum absolute atomic E-state index is 0.601. The number of hydrogen-bond donors (Lipinski definition) is 1. The van der Waals surface area contributed by atoms with E-state index in [0.29, 0.717) is 11.7 Å². The highest BCUT2D eigenvalue weighted by atomic mass is 32.1. The standard InChI is InChI=1S/C13H16N2O2S/c1-3-17-12-7-9(4-5-11(12)16-2)6-10-8-18-13(14)15-10/h4-5,7-8H,3,6H2,1-2H3,(H2,14,15). The predicted octanol–water partition coefficient (Wildman–Crippen LogP) is 2.72. The van der Waals surface area contributed by atoms with Crippen LogP contribution in [0, 0.1) is 0 Å². The van der Waals surface area contributed by atoms with Gasteiger partial charge in [-0.1, -0.05) is 6.07 Å². The van der Waals surface area contributed by atoms with E-state index in [2.05, 4.69) is 4.98 Å². The summed E-state index contributed by atoms with van der Waals surface area (Å²) in [5.41, 5.74) is 7.72. The van der Waals surface area contributed by atoms with Gasteiger partial charge in [0.05, 0.1) is 19.4 Å². The van der Waals surface area contributed by atoms with Crippen LogP contribution >= 0.6 is 11.3 Å². The molecule has 1 aromatic carbocycles. The molecule has 5 heteroatoms. The van der Waals surface area contributed by atoms with E-state index >= 15 is 0 Å². The van der Waals surface area contributed by atoms with Crippen molar-refractivity contribution in [3.05, 3.63) is 34.8 Å². The smallest absolute Gasteiger partial charge is 0.180 e. The fourth-order valence-corrected chi connectivity index (χ4v) is 2.28. The maximum Gasteiger partial charge on any atom is 0.180 e. The Morgan fingerprint density at radius 1 is 1.33 bits per heavy atom. The number of anilines is 1. The Morgan fingerprint density at radius 3 is 2.78 bits per heavy atom. The molecule has 0 saturated carbocycles. The van der Waals surface area contributed by atoms with Crippen LogP contribution in [0.1, 0.15) is 18.2 Å². The Morgan fingerprint density at radius 2 is 2.17 bits per heavy atom. The molecule has 2 rings (SSSR count). The van der Waals surface area contributed by atoms with Gasteiger partial charge in [-0.15, -0.1) is 11.3 Å². The van der Waals surface area contributed by atoms with Gasteiger partial charge in [0.2, 0.25) is 0 Å². The van der Waals surface area contributed by atoms with Crippen molar-refractivity contribution in [2.75, 3.05) is 19.5 Å². The summed E-state index contributed by atoms with van der Waals surface area (Å²) >= 11 is 1.46. The number of rotatable bonds is 5. The zero-order chi connectivity index (χ0) is 13.0. The van der Waals surface area contributed by atoms with Crippen LogP contribution in [0.3, 0.4) is 0 Å². The van der Waals surface area contributed by atoms with Crippen LogP contribution < -0.4 is 15.2 Å². The van der Waals surface area contributed by atoms with Crippen LogP contribution in [-0.4, -0.2) is 18.7 Å². The molecular formula is C13H16N2O2S. The molecule has 0 aliphatic rings. The minimum Gasteiger partial charge on any atom is -0.493 e. The second-order valence-corrected chi connectivity index (χ2v) is 4.66. The fraction of sp³-hybridized carbons (Fsp3) is 0.308. The molecule has 0 atom stereocenters. The highest BCUT2D eigenvalue weighted by Gasteiger charge is 2.07. The third-order valence-electron chi connectivity index (χ3n) is 2.48. The Bertz CT molecular complexity index is 525. The zero-order valence-corrected chi connectivity index (χ0v) is 11.3. The first-order valence-corrected chi connectivity index (χ1v) is 6.60. The van der Waals surface area contributed by atoms with Crippen molar-refractivity contribution in [2.45, 2.75) is 13.3 Å². The van der Waals surface area contributed by atoms with E-state index in [0.717, 1.165) is 29.2 Å². The lowest BCUT2D eigenvalue weighted by molar-refractivity contribution is 0.310. The van der Waals surface area contributed by atoms with E-state index in [-0.39, 0.29) is 0 Å². The van der Waals surface area contributed by atoms with Gasteiger partial charge in [0.15, 0.2) is 16.6 Å². The molecule has 96 valence electrons. The first-order valence-electron chi connectivity index (χ1n) is 5.72.